The van der Waals surface area contributed by atoms with Gasteiger partial charge >= 0.3 is 6.03 Å². The molecule has 104 valence electrons. The number of aryl methyl sites for hydroxylation is 2. The summed E-state index contributed by atoms with van der Waals surface area (Å²) in [4.78, 5) is 11.9. The van der Waals surface area contributed by atoms with E-state index in [1.807, 2.05) is 50.2 Å². The van der Waals surface area contributed by atoms with Gasteiger partial charge in [0.2, 0.25) is 0 Å². The van der Waals surface area contributed by atoms with Crippen LogP contribution in [-0.2, 0) is 6.54 Å². The highest BCUT2D eigenvalue weighted by molar-refractivity contribution is 5.90. The average molecular weight is 269 g/mol. The first-order chi connectivity index (χ1) is 9.56. The molecular formula is C16H19N3O. The highest BCUT2D eigenvalue weighted by Crippen LogP contribution is 2.22. The van der Waals surface area contributed by atoms with Gasteiger partial charge in [0, 0.05) is 17.9 Å². The molecule has 0 heterocycles. The van der Waals surface area contributed by atoms with Crippen molar-refractivity contribution < 1.29 is 4.79 Å². The quantitative estimate of drug-likeness (QED) is 0.749. The number of rotatable bonds is 3. The molecule has 0 fully saturated rings. The molecule has 4 nitrogen and oxygen atoms in total. The molecule has 2 aromatic rings. The van der Waals surface area contributed by atoms with E-state index >= 15 is 0 Å². The Hall–Kier alpha value is -2.49. The molecule has 0 saturated heterocycles. The molecule has 0 unspecified atom stereocenters. The van der Waals surface area contributed by atoms with Crippen molar-refractivity contribution in [3.8, 4) is 0 Å². The Kier molecular flexibility index (Phi) is 4.25. The molecule has 0 bridgehead atoms. The molecule has 2 amide bonds. The SMILES string of the molecule is Cc1cc(C)c(NC(=O)NCc2ccccc2)cc1N. The second-order valence-corrected chi connectivity index (χ2v) is 4.82. The molecule has 0 aliphatic heterocycles. The lowest BCUT2D eigenvalue weighted by Gasteiger charge is -2.12. The number of carbonyl (C=O) groups excluding carboxylic acids is 1. The molecule has 0 atom stereocenters. The molecule has 2 aromatic carbocycles. The van der Waals surface area contributed by atoms with Crippen LogP contribution in [0.25, 0.3) is 0 Å². The molecule has 20 heavy (non-hydrogen) atoms. The van der Waals surface area contributed by atoms with E-state index in [4.69, 9.17) is 5.73 Å². The summed E-state index contributed by atoms with van der Waals surface area (Å²) in [5.74, 6) is 0. The van der Waals surface area contributed by atoms with Gasteiger partial charge in [0.1, 0.15) is 0 Å². The standard InChI is InChI=1S/C16H19N3O/c1-11-8-12(2)15(9-14(11)17)19-16(20)18-10-13-6-4-3-5-7-13/h3-9H,10,17H2,1-2H3,(H2,18,19,20). The van der Waals surface area contributed by atoms with Crippen LogP contribution in [0.5, 0.6) is 0 Å². The van der Waals surface area contributed by atoms with E-state index in [1.54, 1.807) is 6.07 Å². The predicted molar refractivity (Wildman–Crippen MR) is 82.6 cm³/mol. The molecule has 0 spiro atoms. The number of benzene rings is 2. The normalized spacial score (nSPS) is 10.1. The van der Waals surface area contributed by atoms with Crippen molar-refractivity contribution in [2.24, 2.45) is 0 Å². The van der Waals surface area contributed by atoms with Crippen LogP contribution in [0, 0.1) is 13.8 Å². The number of nitrogens with one attached hydrogen (secondary N) is 2. The summed E-state index contributed by atoms with van der Waals surface area (Å²) in [7, 11) is 0. The molecule has 0 aliphatic rings. The number of hydrogen-bond acceptors (Lipinski definition) is 2. The Morgan fingerprint density at radius 1 is 1.10 bits per heavy atom. The highest BCUT2D eigenvalue weighted by Gasteiger charge is 2.06. The first kappa shape index (κ1) is 13.9. The second-order valence-electron chi connectivity index (χ2n) is 4.82. The lowest BCUT2D eigenvalue weighted by Crippen LogP contribution is -2.28. The third-order valence-electron chi connectivity index (χ3n) is 3.16. The Bertz CT molecular complexity index is 609. The summed E-state index contributed by atoms with van der Waals surface area (Å²) in [6.45, 7) is 4.38. The fourth-order valence-corrected chi connectivity index (χ4v) is 1.95. The summed E-state index contributed by atoms with van der Waals surface area (Å²) in [5.41, 5.74) is 10.3. The van der Waals surface area contributed by atoms with Gasteiger partial charge in [-0.3, -0.25) is 0 Å². The monoisotopic (exact) mass is 269 g/mol. The van der Waals surface area contributed by atoms with Crippen molar-refractivity contribution in [1.82, 2.24) is 5.32 Å². The summed E-state index contributed by atoms with van der Waals surface area (Å²) < 4.78 is 0. The molecular weight excluding hydrogens is 250 g/mol. The van der Waals surface area contributed by atoms with Gasteiger partial charge in [-0.15, -0.1) is 0 Å². The van der Waals surface area contributed by atoms with Crippen LogP contribution >= 0.6 is 0 Å². The largest absolute Gasteiger partial charge is 0.398 e. The minimum absolute atomic E-state index is 0.236. The number of carbonyl (C=O) groups is 1. The van der Waals surface area contributed by atoms with E-state index in [-0.39, 0.29) is 6.03 Å². The van der Waals surface area contributed by atoms with Crippen LogP contribution in [0.3, 0.4) is 0 Å². The summed E-state index contributed by atoms with van der Waals surface area (Å²) >= 11 is 0. The molecule has 4 heteroatoms. The van der Waals surface area contributed by atoms with Crippen LogP contribution in [0.1, 0.15) is 16.7 Å². The van der Waals surface area contributed by atoms with Crippen molar-refractivity contribution in [2.45, 2.75) is 20.4 Å². The zero-order valence-electron chi connectivity index (χ0n) is 11.7. The first-order valence-corrected chi connectivity index (χ1v) is 6.52. The summed E-state index contributed by atoms with van der Waals surface area (Å²) in [6, 6.07) is 13.3. The minimum Gasteiger partial charge on any atom is -0.398 e. The maximum atomic E-state index is 11.9. The lowest BCUT2D eigenvalue weighted by atomic mass is 10.1. The lowest BCUT2D eigenvalue weighted by molar-refractivity contribution is 0.251. The Morgan fingerprint density at radius 2 is 1.80 bits per heavy atom. The zero-order chi connectivity index (χ0) is 14.5. The average Bonchev–Trinajstić information content (AvgIpc) is 2.44. The number of nitrogens with two attached hydrogens (primary N) is 1. The van der Waals surface area contributed by atoms with Crippen LogP contribution in [0.4, 0.5) is 16.2 Å². The van der Waals surface area contributed by atoms with E-state index in [9.17, 15) is 4.79 Å². The smallest absolute Gasteiger partial charge is 0.319 e. The predicted octanol–water partition coefficient (Wildman–Crippen LogP) is 3.21. The third kappa shape index (κ3) is 3.51. The van der Waals surface area contributed by atoms with Crippen LogP contribution in [0.2, 0.25) is 0 Å². The van der Waals surface area contributed by atoms with Crippen LogP contribution in [-0.4, -0.2) is 6.03 Å². The Balaban J connectivity index is 1.97. The van der Waals surface area contributed by atoms with E-state index in [0.29, 0.717) is 12.2 Å². The molecule has 0 saturated carbocycles. The molecule has 0 aliphatic carbocycles. The minimum atomic E-state index is -0.236. The van der Waals surface area contributed by atoms with E-state index in [0.717, 1.165) is 22.4 Å². The second kappa shape index (κ2) is 6.10. The third-order valence-corrected chi connectivity index (χ3v) is 3.16. The number of urea groups is 1. The van der Waals surface area contributed by atoms with Crippen molar-refractivity contribution >= 4 is 17.4 Å². The fourth-order valence-electron chi connectivity index (χ4n) is 1.95. The van der Waals surface area contributed by atoms with Gasteiger partial charge in [0.05, 0.1) is 0 Å². The molecule has 0 aromatic heterocycles. The van der Waals surface area contributed by atoms with Crippen LogP contribution < -0.4 is 16.4 Å². The van der Waals surface area contributed by atoms with Gasteiger partial charge in [-0.25, -0.2) is 4.79 Å². The molecule has 2 rings (SSSR count). The maximum Gasteiger partial charge on any atom is 0.319 e. The summed E-state index contributed by atoms with van der Waals surface area (Å²) in [6.07, 6.45) is 0. The van der Waals surface area contributed by atoms with Gasteiger partial charge < -0.3 is 16.4 Å². The van der Waals surface area contributed by atoms with Gasteiger partial charge in [-0.1, -0.05) is 36.4 Å². The van der Waals surface area contributed by atoms with E-state index < -0.39 is 0 Å². The zero-order valence-corrected chi connectivity index (χ0v) is 11.7. The van der Waals surface area contributed by atoms with Gasteiger partial charge in [0.25, 0.3) is 0 Å². The van der Waals surface area contributed by atoms with E-state index in [1.165, 1.54) is 0 Å². The topological polar surface area (TPSA) is 67.2 Å². The summed E-state index contributed by atoms with van der Waals surface area (Å²) in [5, 5.41) is 5.64. The van der Waals surface area contributed by atoms with Gasteiger partial charge in [0.15, 0.2) is 0 Å². The highest BCUT2D eigenvalue weighted by atomic mass is 16.2. The molecule has 0 radical (unpaired) electrons. The van der Waals surface area contributed by atoms with E-state index in [2.05, 4.69) is 10.6 Å². The molecule has 4 N–H and O–H groups in total. The number of hydrogen-bond donors (Lipinski definition) is 3. The van der Waals surface area contributed by atoms with Crippen LogP contribution in [0.15, 0.2) is 42.5 Å². The first-order valence-electron chi connectivity index (χ1n) is 6.52. The van der Waals surface area contributed by atoms with Crippen molar-refractivity contribution in [3.05, 3.63) is 59.2 Å². The van der Waals surface area contributed by atoms with Gasteiger partial charge in [-0.05, 0) is 36.6 Å². The number of anilines is 2. The Morgan fingerprint density at radius 3 is 2.50 bits per heavy atom. The van der Waals surface area contributed by atoms with Crippen molar-refractivity contribution in [2.75, 3.05) is 11.1 Å². The van der Waals surface area contributed by atoms with Crippen molar-refractivity contribution in [3.63, 3.8) is 0 Å². The number of nitrogen functional groups attached to an aromatic ring is 1. The van der Waals surface area contributed by atoms with Crippen molar-refractivity contribution in [1.29, 1.82) is 0 Å². The number of amides is 2. The maximum absolute atomic E-state index is 11.9. The Labute approximate surface area is 119 Å². The fraction of sp³-hybridized carbons (Fsp3) is 0.188. The van der Waals surface area contributed by atoms with Gasteiger partial charge in [-0.2, -0.15) is 0 Å².